The molecular formula is C63H102O6. The third-order valence-corrected chi connectivity index (χ3v) is 11.4. The van der Waals surface area contributed by atoms with Crippen molar-refractivity contribution in [1.82, 2.24) is 0 Å². The van der Waals surface area contributed by atoms with Crippen LogP contribution in [0.4, 0.5) is 0 Å². The van der Waals surface area contributed by atoms with Crippen LogP contribution < -0.4 is 0 Å². The molecule has 69 heavy (non-hydrogen) atoms. The summed E-state index contributed by atoms with van der Waals surface area (Å²) >= 11 is 0. The molecule has 0 aliphatic carbocycles. The van der Waals surface area contributed by atoms with E-state index in [1.807, 2.05) is 0 Å². The smallest absolute Gasteiger partial charge is 0.306 e. The highest BCUT2D eigenvalue weighted by Gasteiger charge is 2.19. The Balaban J connectivity index is 4.40. The minimum absolute atomic E-state index is 0.0988. The van der Waals surface area contributed by atoms with Crippen LogP contribution in [0.5, 0.6) is 0 Å². The number of allylic oxidation sites excluding steroid dienone is 20. The van der Waals surface area contributed by atoms with Crippen molar-refractivity contribution in [2.24, 2.45) is 0 Å². The van der Waals surface area contributed by atoms with Crippen molar-refractivity contribution in [3.8, 4) is 0 Å². The molecule has 0 bridgehead atoms. The van der Waals surface area contributed by atoms with Crippen molar-refractivity contribution < 1.29 is 28.6 Å². The maximum absolute atomic E-state index is 12.8. The summed E-state index contributed by atoms with van der Waals surface area (Å²) in [7, 11) is 0. The molecule has 0 spiro atoms. The molecule has 1 unspecified atom stereocenters. The second-order valence-corrected chi connectivity index (χ2v) is 18.1. The monoisotopic (exact) mass is 955 g/mol. The first-order valence-corrected chi connectivity index (χ1v) is 28.0. The van der Waals surface area contributed by atoms with Crippen LogP contribution in [-0.2, 0) is 28.6 Å². The third-order valence-electron chi connectivity index (χ3n) is 11.4. The van der Waals surface area contributed by atoms with Gasteiger partial charge in [0.05, 0.1) is 0 Å². The van der Waals surface area contributed by atoms with Crippen molar-refractivity contribution in [3.05, 3.63) is 122 Å². The Hall–Kier alpha value is -4.19. The summed E-state index contributed by atoms with van der Waals surface area (Å²) in [5.41, 5.74) is 0. The number of carbonyl (C=O) groups excluding carboxylic acids is 3. The van der Waals surface area contributed by atoms with Gasteiger partial charge in [0, 0.05) is 19.3 Å². The number of rotatable bonds is 49. The lowest BCUT2D eigenvalue weighted by atomic mass is 10.1. The summed E-state index contributed by atoms with van der Waals surface area (Å²) in [4.78, 5) is 38.0. The van der Waals surface area contributed by atoms with Gasteiger partial charge in [-0.15, -0.1) is 0 Å². The Morgan fingerprint density at radius 2 is 0.594 bits per heavy atom. The van der Waals surface area contributed by atoms with E-state index in [0.29, 0.717) is 25.7 Å². The lowest BCUT2D eigenvalue weighted by Crippen LogP contribution is -2.30. The molecule has 6 nitrogen and oxygen atoms in total. The molecule has 0 amide bonds. The Labute approximate surface area is 424 Å². The third kappa shape index (κ3) is 54.6. The fourth-order valence-electron chi connectivity index (χ4n) is 7.26. The van der Waals surface area contributed by atoms with E-state index in [4.69, 9.17) is 14.2 Å². The number of hydrogen-bond donors (Lipinski definition) is 0. The van der Waals surface area contributed by atoms with Gasteiger partial charge in [0.2, 0.25) is 0 Å². The Bertz CT molecular complexity index is 1470. The highest BCUT2D eigenvalue weighted by atomic mass is 16.6. The van der Waals surface area contributed by atoms with Crippen LogP contribution in [0.1, 0.15) is 239 Å². The molecule has 0 saturated carbocycles. The molecule has 0 aromatic carbocycles. The minimum atomic E-state index is -0.804. The molecule has 390 valence electrons. The first-order valence-electron chi connectivity index (χ1n) is 28.0. The van der Waals surface area contributed by atoms with Crippen molar-refractivity contribution in [1.29, 1.82) is 0 Å². The average Bonchev–Trinajstić information content (AvgIpc) is 3.35. The highest BCUT2D eigenvalue weighted by Crippen LogP contribution is 2.14. The summed E-state index contributed by atoms with van der Waals surface area (Å²) in [6.45, 7) is 6.39. The van der Waals surface area contributed by atoms with Gasteiger partial charge in [-0.1, -0.05) is 232 Å². The second-order valence-electron chi connectivity index (χ2n) is 18.1. The number of carbonyl (C=O) groups is 3. The second kappa shape index (κ2) is 56.4. The molecule has 0 aliphatic rings. The van der Waals surface area contributed by atoms with Crippen LogP contribution in [0.2, 0.25) is 0 Å². The van der Waals surface area contributed by atoms with E-state index in [0.717, 1.165) is 135 Å². The highest BCUT2D eigenvalue weighted by molar-refractivity contribution is 5.71. The van der Waals surface area contributed by atoms with Crippen LogP contribution in [0.15, 0.2) is 122 Å². The van der Waals surface area contributed by atoms with Crippen LogP contribution in [-0.4, -0.2) is 37.2 Å². The lowest BCUT2D eigenvalue weighted by molar-refractivity contribution is -0.167. The zero-order chi connectivity index (χ0) is 50.0. The van der Waals surface area contributed by atoms with Crippen molar-refractivity contribution >= 4 is 17.9 Å². The van der Waals surface area contributed by atoms with E-state index >= 15 is 0 Å². The molecule has 1 atom stereocenters. The summed E-state index contributed by atoms with van der Waals surface area (Å²) < 4.78 is 16.8. The van der Waals surface area contributed by atoms with Crippen molar-refractivity contribution in [2.45, 2.75) is 245 Å². The van der Waals surface area contributed by atoms with E-state index in [2.05, 4.69) is 142 Å². The summed E-state index contributed by atoms with van der Waals surface area (Å²) in [5, 5.41) is 0. The SMILES string of the molecule is CC/C=C\C/C=C\C/C=C\C/C=C\C/C=C\C/C=C\C/C=C\C/C=C\CCCCC(=O)OCC(COC(=O)CCCCCCCCCCCCC)OC(=O)CCCCCCC/C=C\C/C=C\CCC. The van der Waals surface area contributed by atoms with Gasteiger partial charge in [0.15, 0.2) is 6.10 Å². The minimum Gasteiger partial charge on any atom is -0.462 e. The largest absolute Gasteiger partial charge is 0.462 e. The van der Waals surface area contributed by atoms with E-state index in [-0.39, 0.29) is 31.1 Å². The Morgan fingerprint density at radius 3 is 0.971 bits per heavy atom. The van der Waals surface area contributed by atoms with E-state index in [1.54, 1.807) is 0 Å². The van der Waals surface area contributed by atoms with Crippen LogP contribution >= 0.6 is 0 Å². The quantitative estimate of drug-likeness (QED) is 0.0262. The molecule has 0 N–H and O–H groups in total. The molecule has 0 heterocycles. The number of unbranched alkanes of at least 4 members (excludes halogenated alkanes) is 18. The number of ether oxygens (including phenoxy) is 3. The molecule has 0 rings (SSSR count). The standard InChI is InChI=1S/C63H102O6/c1-4-7-10-13-16-19-22-24-25-26-27-28-29-30-31-32-33-34-35-36-37-39-41-44-47-50-53-56-62(65)68-59-60(58-67-61(64)55-52-49-46-43-40-21-18-15-12-9-6-3)69-63(66)57-54-51-48-45-42-38-23-20-17-14-11-8-5-2/h7,10-11,14,16,19-20,23-25,27-28,30-31,33-34,36-37,41,44,60H,4-6,8-9,12-13,15,17-18,21-22,26,29,32,35,38-40,42-43,45-59H2,1-3H3/b10-7-,14-11-,19-16-,23-20-,25-24-,28-27-,31-30-,34-33-,37-36-,44-41-. The van der Waals surface area contributed by atoms with Crippen molar-refractivity contribution in [3.63, 3.8) is 0 Å². The van der Waals surface area contributed by atoms with E-state index in [9.17, 15) is 14.4 Å². The maximum atomic E-state index is 12.8. The fourth-order valence-corrected chi connectivity index (χ4v) is 7.26. The number of hydrogen-bond acceptors (Lipinski definition) is 6. The summed E-state index contributed by atoms with van der Waals surface area (Å²) in [6, 6.07) is 0. The molecule has 0 radical (unpaired) electrons. The Kier molecular flexibility index (Phi) is 53.0. The molecular weight excluding hydrogens is 853 g/mol. The molecule has 0 aromatic rings. The maximum Gasteiger partial charge on any atom is 0.306 e. The van der Waals surface area contributed by atoms with Gasteiger partial charge in [-0.2, -0.15) is 0 Å². The van der Waals surface area contributed by atoms with Gasteiger partial charge in [-0.3, -0.25) is 14.4 Å². The van der Waals surface area contributed by atoms with E-state index < -0.39 is 6.10 Å². The normalized spacial score (nSPS) is 13.0. The van der Waals surface area contributed by atoms with Gasteiger partial charge in [0.1, 0.15) is 13.2 Å². The van der Waals surface area contributed by atoms with Gasteiger partial charge in [-0.05, 0) is 109 Å². The van der Waals surface area contributed by atoms with Gasteiger partial charge in [0.25, 0.3) is 0 Å². The predicted octanol–water partition coefficient (Wildman–Crippen LogP) is 18.9. The number of esters is 3. The molecule has 0 aromatic heterocycles. The fraction of sp³-hybridized carbons (Fsp3) is 0.635. The lowest BCUT2D eigenvalue weighted by Gasteiger charge is -2.18. The predicted molar refractivity (Wildman–Crippen MR) is 297 cm³/mol. The van der Waals surface area contributed by atoms with E-state index in [1.165, 1.54) is 57.8 Å². The zero-order valence-electron chi connectivity index (χ0n) is 44.5. The molecule has 0 saturated heterocycles. The molecule has 6 heteroatoms. The van der Waals surface area contributed by atoms with Gasteiger partial charge < -0.3 is 14.2 Å². The summed E-state index contributed by atoms with van der Waals surface area (Å²) in [5.74, 6) is -0.964. The molecule has 0 aliphatic heterocycles. The Morgan fingerprint density at radius 1 is 0.304 bits per heavy atom. The van der Waals surface area contributed by atoms with Crippen LogP contribution in [0.25, 0.3) is 0 Å². The summed E-state index contributed by atoms with van der Waals surface area (Å²) in [6.07, 6.45) is 77.6. The zero-order valence-corrected chi connectivity index (χ0v) is 44.5. The van der Waals surface area contributed by atoms with Crippen molar-refractivity contribution in [2.75, 3.05) is 13.2 Å². The first kappa shape index (κ1) is 64.8. The molecule has 0 fully saturated rings. The topological polar surface area (TPSA) is 78.9 Å². The van der Waals surface area contributed by atoms with Gasteiger partial charge >= 0.3 is 17.9 Å². The average molecular weight is 956 g/mol. The van der Waals surface area contributed by atoms with Crippen LogP contribution in [0, 0.1) is 0 Å². The van der Waals surface area contributed by atoms with Crippen LogP contribution in [0.3, 0.4) is 0 Å². The van der Waals surface area contributed by atoms with Gasteiger partial charge in [-0.25, -0.2) is 0 Å². The first-order chi connectivity index (χ1) is 34.0.